The molecule has 3 rings (SSSR count). The highest BCUT2D eigenvalue weighted by Crippen LogP contribution is 2.25. The largest absolute Gasteiger partial charge is 0.373 e. The Balaban J connectivity index is 1.77. The summed E-state index contributed by atoms with van der Waals surface area (Å²) in [5, 5.41) is 6.67. The van der Waals surface area contributed by atoms with Crippen LogP contribution in [-0.2, 0) is 14.8 Å². The summed E-state index contributed by atoms with van der Waals surface area (Å²) in [6.07, 6.45) is -0.317. The van der Waals surface area contributed by atoms with Crippen LogP contribution in [0.15, 0.2) is 33.7 Å². The second-order valence-corrected chi connectivity index (χ2v) is 9.66. The molecule has 1 saturated heterocycles. The van der Waals surface area contributed by atoms with Gasteiger partial charge in [0.2, 0.25) is 10.0 Å². The molecule has 1 amide bonds. The number of hydrogen-bond acceptors (Lipinski definition) is 6. The third-order valence-corrected chi connectivity index (χ3v) is 6.62. The summed E-state index contributed by atoms with van der Waals surface area (Å²) in [7, 11) is -3.63. The number of carbonyl (C=O) groups is 1. The van der Waals surface area contributed by atoms with Crippen molar-refractivity contribution in [1.29, 1.82) is 0 Å². The van der Waals surface area contributed by atoms with Crippen LogP contribution in [0.1, 0.15) is 55.4 Å². The smallest absolute Gasteiger partial charge is 0.261 e. The van der Waals surface area contributed by atoms with Gasteiger partial charge in [-0.25, -0.2) is 8.42 Å². The summed E-state index contributed by atoms with van der Waals surface area (Å²) >= 11 is 0. The number of benzene rings is 1. The molecule has 1 aromatic heterocycles. The predicted octanol–water partition coefficient (Wildman–Crippen LogP) is 3.16. The maximum atomic E-state index is 12.9. The molecule has 9 heteroatoms. The third-order valence-electron chi connectivity index (χ3n) is 4.78. The molecule has 2 aromatic rings. The number of nitrogens with one attached hydrogen (secondary N) is 1. The summed E-state index contributed by atoms with van der Waals surface area (Å²) in [4.78, 5) is 12.9. The molecule has 0 spiro atoms. The molecule has 158 valence electrons. The molecule has 2 unspecified atom stereocenters. The van der Waals surface area contributed by atoms with E-state index in [4.69, 9.17) is 9.26 Å². The molecule has 29 heavy (non-hydrogen) atoms. The summed E-state index contributed by atoms with van der Waals surface area (Å²) in [6, 6.07) is 6.16. The molecule has 0 saturated carbocycles. The van der Waals surface area contributed by atoms with Crippen molar-refractivity contribution in [2.24, 2.45) is 0 Å². The monoisotopic (exact) mass is 421 g/mol. The van der Waals surface area contributed by atoms with Gasteiger partial charge in [0, 0.05) is 24.7 Å². The van der Waals surface area contributed by atoms with Crippen molar-refractivity contribution in [2.75, 3.05) is 18.4 Å². The average Bonchev–Trinajstić information content (AvgIpc) is 3.03. The Labute approximate surface area is 171 Å². The maximum absolute atomic E-state index is 12.9. The van der Waals surface area contributed by atoms with Crippen LogP contribution in [-0.4, -0.2) is 49.1 Å². The number of morpholine rings is 1. The minimum absolute atomic E-state index is 0.0165. The molecule has 8 nitrogen and oxygen atoms in total. The number of sulfonamides is 1. The van der Waals surface area contributed by atoms with E-state index in [2.05, 4.69) is 10.5 Å². The highest BCUT2D eigenvalue weighted by Gasteiger charge is 2.32. The number of aryl methyl sites for hydroxylation is 1. The lowest BCUT2D eigenvalue weighted by Crippen LogP contribution is -2.48. The molecular formula is C20H27N3O5S. The number of carbonyl (C=O) groups excluding carboxylic acids is 1. The number of nitrogens with zero attached hydrogens (tertiary/aromatic N) is 2. The molecule has 0 bridgehead atoms. The summed E-state index contributed by atoms with van der Waals surface area (Å²) < 4.78 is 38.2. The highest BCUT2D eigenvalue weighted by atomic mass is 32.2. The van der Waals surface area contributed by atoms with Crippen molar-refractivity contribution in [3.8, 4) is 0 Å². The van der Waals surface area contributed by atoms with Crippen LogP contribution in [0.5, 0.6) is 0 Å². The predicted molar refractivity (Wildman–Crippen MR) is 108 cm³/mol. The summed E-state index contributed by atoms with van der Waals surface area (Å²) in [5.74, 6) is 0.205. The van der Waals surface area contributed by atoms with E-state index in [1.54, 1.807) is 19.1 Å². The molecule has 2 heterocycles. The Bertz CT molecular complexity index is 972. The fraction of sp³-hybridized carbons (Fsp3) is 0.500. The van der Waals surface area contributed by atoms with E-state index < -0.39 is 10.0 Å². The van der Waals surface area contributed by atoms with Gasteiger partial charge in [-0.2, -0.15) is 4.31 Å². The van der Waals surface area contributed by atoms with Gasteiger partial charge >= 0.3 is 0 Å². The molecule has 1 aliphatic rings. The zero-order valence-corrected chi connectivity index (χ0v) is 18.1. The lowest BCUT2D eigenvalue weighted by atomic mass is 10.0. The first-order chi connectivity index (χ1) is 13.6. The van der Waals surface area contributed by atoms with Gasteiger partial charge in [0.25, 0.3) is 5.91 Å². The first-order valence-corrected chi connectivity index (χ1v) is 11.1. The molecule has 0 aliphatic carbocycles. The Kier molecular flexibility index (Phi) is 6.11. The number of hydrogen-bond donors (Lipinski definition) is 1. The van der Waals surface area contributed by atoms with E-state index >= 15 is 0 Å². The van der Waals surface area contributed by atoms with Crippen molar-refractivity contribution in [2.45, 2.75) is 57.6 Å². The van der Waals surface area contributed by atoms with Crippen molar-refractivity contribution in [1.82, 2.24) is 9.46 Å². The zero-order valence-electron chi connectivity index (χ0n) is 17.3. The van der Waals surface area contributed by atoms with Gasteiger partial charge in [0.05, 0.1) is 22.8 Å². The molecule has 0 radical (unpaired) electrons. The maximum Gasteiger partial charge on any atom is 0.261 e. The number of anilines is 1. The van der Waals surface area contributed by atoms with Gasteiger partial charge in [0.1, 0.15) is 5.56 Å². The minimum atomic E-state index is -3.63. The topological polar surface area (TPSA) is 102 Å². The van der Waals surface area contributed by atoms with Crippen molar-refractivity contribution >= 4 is 21.6 Å². The van der Waals surface area contributed by atoms with E-state index in [1.165, 1.54) is 16.4 Å². The van der Waals surface area contributed by atoms with Crippen LogP contribution in [0.3, 0.4) is 0 Å². The van der Waals surface area contributed by atoms with Crippen LogP contribution in [0.25, 0.3) is 0 Å². The molecule has 1 aliphatic heterocycles. The van der Waals surface area contributed by atoms with Gasteiger partial charge in [-0.3, -0.25) is 4.79 Å². The van der Waals surface area contributed by atoms with Gasteiger partial charge in [-0.05, 0) is 45.0 Å². The molecule has 1 N–H and O–H groups in total. The third kappa shape index (κ3) is 4.52. The average molecular weight is 422 g/mol. The number of rotatable bonds is 5. The lowest BCUT2D eigenvalue weighted by Gasteiger charge is -2.34. The normalized spacial score (nSPS) is 20.8. The molecule has 1 fully saturated rings. The highest BCUT2D eigenvalue weighted by molar-refractivity contribution is 7.89. The number of amides is 1. The molecular weight excluding hydrogens is 394 g/mol. The van der Waals surface area contributed by atoms with E-state index in [0.29, 0.717) is 35.8 Å². The number of aromatic nitrogens is 1. The fourth-order valence-corrected chi connectivity index (χ4v) is 5.03. The van der Waals surface area contributed by atoms with E-state index in [9.17, 15) is 13.2 Å². The quantitative estimate of drug-likeness (QED) is 0.796. The van der Waals surface area contributed by atoms with Crippen LogP contribution in [0.2, 0.25) is 0 Å². The van der Waals surface area contributed by atoms with Crippen LogP contribution >= 0.6 is 0 Å². The molecule has 1 aromatic carbocycles. The fourth-order valence-electron chi connectivity index (χ4n) is 3.44. The Morgan fingerprint density at radius 3 is 2.31 bits per heavy atom. The van der Waals surface area contributed by atoms with Gasteiger partial charge in [0.15, 0.2) is 5.76 Å². The standard InChI is InChI=1S/C20H27N3O5S/c1-12(2)19-18(15(5)22-28-19)20(24)21-16-6-8-17(9-7-16)29(25,26)23-10-13(3)27-14(4)11-23/h6-9,12-14H,10-11H2,1-5H3,(H,21,24). The van der Waals surface area contributed by atoms with Crippen LogP contribution in [0, 0.1) is 6.92 Å². The first-order valence-electron chi connectivity index (χ1n) is 9.62. The van der Waals surface area contributed by atoms with Gasteiger partial charge < -0.3 is 14.6 Å². The minimum Gasteiger partial charge on any atom is -0.373 e. The SMILES string of the molecule is Cc1noc(C(C)C)c1C(=O)Nc1ccc(S(=O)(=O)N2CC(C)OC(C)C2)cc1. The van der Waals surface area contributed by atoms with E-state index in [1.807, 2.05) is 27.7 Å². The number of ether oxygens (including phenoxy) is 1. The second kappa shape index (κ2) is 8.25. The van der Waals surface area contributed by atoms with E-state index in [0.717, 1.165) is 0 Å². The first kappa shape index (κ1) is 21.5. The van der Waals surface area contributed by atoms with Crippen molar-refractivity contribution < 1.29 is 22.5 Å². The van der Waals surface area contributed by atoms with Gasteiger partial charge in [-0.15, -0.1) is 0 Å². The van der Waals surface area contributed by atoms with Crippen LogP contribution < -0.4 is 5.32 Å². The molecule has 2 atom stereocenters. The lowest BCUT2D eigenvalue weighted by molar-refractivity contribution is -0.0440. The van der Waals surface area contributed by atoms with E-state index in [-0.39, 0.29) is 28.9 Å². The van der Waals surface area contributed by atoms with Gasteiger partial charge in [-0.1, -0.05) is 19.0 Å². The van der Waals surface area contributed by atoms with Crippen LogP contribution in [0.4, 0.5) is 5.69 Å². The summed E-state index contributed by atoms with van der Waals surface area (Å²) in [5.41, 5.74) is 1.42. The zero-order chi connectivity index (χ0) is 21.3. The Morgan fingerprint density at radius 2 is 1.76 bits per heavy atom. The van der Waals surface area contributed by atoms with Crippen molar-refractivity contribution in [3.63, 3.8) is 0 Å². The Hall–Kier alpha value is -2.23. The Morgan fingerprint density at radius 1 is 1.17 bits per heavy atom. The van der Waals surface area contributed by atoms with Crippen molar-refractivity contribution in [3.05, 3.63) is 41.3 Å². The second-order valence-electron chi connectivity index (χ2n) is 7.72. The summed E-state index contributed by atoms with van der Waals surface area (Å²) in [6.45, 7) is 9.90.